The van der Waals surface area contributed by atoms with Crippen LogP contribution in [0.5, 0.6) is 0 Å². The highest BCUT2D eigenvalue weighted by Crippen LogP contribution is 2.35. The minimum absolute atomic E-state index is 0.0847. The van der Waals surface area contributed by atoms with E-state index in [-0.39, 0.29) is 10.4 Å². The van der Waals surface area contributed by atoms with Crippen molar-refractivity contribution in [1.29, 1.82) is 0 Å². The maximum Gasteiger partial charge on any atom is 0.434 e. The molecule has 1 aromatic heterocycles. The topological polar surface area (TPSA) is 42.4 Å². The number of likely N-dealkylation sites (tertiary alicyclic amines) is 1. The van der Waals surface area contributed by atoms with Crippen LogP contribution in [0, 0.1) is 0 Å². The standard InChI is InChI=1S/C16H20BrF3N2O2/c1-15(2,3)24-14(23)22-8-4-5-10(9-22)12-7-6-11(17)13(21-12)16(18,19)20/h6-7,10H,4-5,8-9H2,1-3H3. The minimum Gasteiger partial charge on any atom is -0.444 e. The van der Waals surface area contributed by atoms with Crippen molar-refractivity contribution in [3.8, 4) is 0 Å². The van der Waals surface area contributed by atoms with Crippen LogP contribution in [0.15, 0.2) is 16.6 Å². The van der Waals surface area contributed by atoms with E-state index < -0.39 is 23.6 Å². The fourth-order valence-corrected chi connectivity index (χ4v) is 3.04. The second kappa shape index (κ2) is 6.90. The molecule has 1 aliphatic rings. The summed E-state index contributed by atoms with van der Waals surface area (Å²) in [7, 11) is 0. The van der Waals surface area contributed by atoms with Crippen LogP contribution >= 0.6 is 15.9 Å². The first-order chi connectivity index (χ1) is 11.0. The van der Waals surface area contributed by atoms with Crippen LogP contribution in [0.2, 0.25) is 0 Å². The zero-order chi connectivity index (χ0) is 18.1. The molecule has 134 valence electrons. The highest BCUT2D eigenvalue weighted by Gasteiger charge is 2.36. The maximum atomic E-state index is 13.0. The van der Waals surface area contributed by atoms with Crippen molar-refractivity contribution in [3.63, 3.8) is 0 Å². The summed E-state index contributed by atoms with van der Waals surface area (Å²) >= 11 is 2.89. The van der Waals surface area contributed by atoms with E-state index in [0.29, 0.717) is 31.6 Å². The average Bonchev–Trinajstić information content (AvgIpc) is 2.45. The Hall–Kier alpha value is -1.31. The average molecular weight is 409 g/mol. The molecule has 1 atom stereocenters. The molecule has 0 radical (unpaired) electrons. The lowest BCUT2D eigenvalue weighted by molar-refractivity contribution is -0.142. The molecule has 1 saturated heterocycles. The van der Waals surface area contributed by atoms with Gasteiger partial charge in [-0.2, -0.15) is 13.2 Å². The number of pyridine rings is 1. The zero-order valence-corrected chi connectivity index (χ0v) is 15.4. The maximum absolute atomic E-state index is 13.0. The van der Waals surface area contributed by atoms with E-state index in [2.05, 4.69) is 20.9 Å². The Labute approximate surface area is 147 Å². The van der Waals surface area contributed by atoms with Gasteiger partial charge in [0.15, 0.2) is 5.69 Å². The first-order valence-corrected chi connectivity index (χ1v) is 8.48. The fourth-order valence-electron chi connectivity index (χ4n) is 2.59. The molecule has 1 aliphatic heterocycles. The van der Waals surface area contributed by atoms with Gasteiger partial charge in [-0.25, -0.2) is 9.78 Å². The smallest absolute Gasteiger partial charge is 0.434 e. The van der Waals surface area contributed by atoms with E-state index in [1.807, 2.05) is 0 Å². The second-order valence-electron chi connectivity index (χ2n) is 6.83. The summed E-state index contributed by atoms with van der Waals surface area (Å²) in [6.07, 6.45) is -3.58. The van der Waals surface area contributed by atoms with Crippen molar-refractivity contribution in [2.24, 2.45) is 0 Å². The second-order valence-corrected chi connectivity index (χ2v) is 7.68. The molecule has 8 heteroatoms. The number of piperidine rings is 1. The van der Waals surface area contributed by atoms with Crippen LogP contribution in [0.3, 0.4) is 0 Å². The molecule has 24 heavy (non-hydrogen) atoms. The van der Waals surface area contributed by atoms with Crippen molar-refractivity contribution in [2.75, 3.05) is 13.1 Å². The van der Waals surface area contributed by atoms with Gasteiger partial charge in [0.25, 0.3) is 0 Å². The summed E-state index contributed by atoms with van der Waals surface area (Å²) in [6.45, 7) is 6.17. The number of amides is 1. The molecule has 0 bridgehead atoms. The number of hydrogen-bond acceptors (Lipinski definition) is 3. The fraction of sp³-hybridized carbons (Fsp3) is 0.625. The molecule has 1 fully saturated rings. The highest BCUT2D eigenvalue weighted by atomic mass is 79.9. The molecule has 0 N–H and O–H groups in total. The molecular formula is C16H20BrF3N2O2. The first kappa shape index (κ1) is 19.0. The summed E-state index contributed by atoms with van der Waals surface area (Å²) in [5.41, 5.74) is -1.20. The molecule has 1 aromatic rings. The molecule has 0 aromatic carbocycles. The number of halogens is 4. The van der Waals surface area contributed by atoms with E-state index in [1.165, 1.54) is 11.0 Å². The Kier molecular flexibility index (Phi) is 5.47. The highest BCUT2D eigenvalue weighted by molar-refractivity contribution is 9.10. The van der Waals surface area contributed by atoms with Gasteiger partial charge in [0, 0.05) is 29.2 Å². The zero-order valence-electron chi connectivity index (χ0n) is 13.8. The molecular weight excluding hydrogens is 389 g/mol. The van der Waals surface area contributed by atoms with E-state index in [1.54, 1.807) is 26.8 Å². The van der Waals surface area contributed by atoms with Crippen LogP contribution in [0.25, 0.3) is 0 Å². The van der Waals surface area contributed by atoms with Gasteiger partial charge in [-0.3, -0.25) is 0 Å². The Balaban J connectivity index is 2.17. The van der Waals surface area contributed by atoms with Crippen LogP contribution in [0.4, 0.5) is 18.0 Å². The Morgan fingerprint density at radius 2 is 2.00 bits per heavy atom. The monoisotopic (exact) mass is 408 g/mol. The number of rotatable bonds is 1. The summed E-state index contributed by atoms with van der Waals surface area (Å²) in [4.78, 5) is 17.5. The number of aromatic nitrogens is 1. The molecule has 4 nitrogen and oxygen atoms in total. The predicted molar refractivity (Wildman–Crippen MR) is 86.7 cm³/mol. The first-order valence-electron chi connectivity index (χ1n) is 7.69. The molecule has 0 saturated carbocycles. The lowest BCUT2D eigenvalue weighted by atomic mass is 9.94. The number of alkyl halides is 3. The third-order valence-corrected chi connectivity index (χ3v) is 4.27. The number of carbonyl (C=O) groups is 1. The van der Waals surface area contributed by atoms with Crippen molar-refractivity contribution < 1.29 is 22.7 Å². The van der Waals surface area contributed by atoms with Gasteiger partial charge in [-0.15, -0.1) is 0 Å². The quantitative estimate of drug-likeness (QED) is 0.657. The van der Waals surface area contributed by atoms with E-state index in [4.69, 9.17) is 4.74 Å². The number of carbonyl (C=O) groups excluding carboxylic acids is 1. The SMILES string of the molecule is CC(C)(C)OC(=O)N1CCCC(c2ccc(Br)c(C(F)(F)F)n2)C1. The lowest BCUT2D eigenvalue weighted by Gasteiger charge is -2.34. The van der Waals surface area contributed by atoms with Crippen LogP contribution in [0.1, 0.15) is 50.9 Å². The summed E-state index contributed by atoms with van der Waals surface area (Å²) in [5.74, 6) is -0.236. The Morgan fingerprint density at radius 1 is 1.33 bits per heavy atom. The summed E-state index contributed by atoms with van der Waals surface area (Å²) in [5, 5.41) is 0. The molecule has 0 spiro atoms. The molecule has 2 rings (SSSR count). The van der Waals surface area contributed by atoms with Gasteiger partial charge < -0.3 is 9.64 Å². The third-order valence-electron chi connectivity index (χ3n) is 3.63. The largest absolute Gasteiger partial charge is 0.444 e. The number of ether oxygens (including phenoxy) is 1. The number of hydrogen-bond donors (Lipinski definition) is 0. The van der Waals surface area contributed by atoms with Crippen LogP contribution in [-0.4, -0.2) is 34.7 Å². The van der Waals surface area contributed by atoms with Crippen LogP contribution in [-0.2, 0) is 10.9 Å². The molecule has 0 aliphatic carbocycles. The van der Waals surface area contributed by atoms with Gasteiger partial charge >= 0.3 is 12.3 Å². The lowest BCUT2D eigenvalue weighted by Crippen LogP contribution is -2.42. The van der Waals surface area contributed by atoms with E-state index in [0.717, 1.165) is 0 Å². The van der Waals surface area contributed by atoms with Crippen molar-refractivity contribution in [3.05, 3.63) is 28.0 Å². The summed E-state index contributed by atoms with van der Waals surface area (Å²) < 4.78 is 44.3. The van der Waals surface area contributed by atoms with E-state index in [9.17, 15) is 18.0 Å². The van der Waals surface area contributed by atoms with Crippen molar-refractivity contribution >= 4 is 22.0 Å². The predicted octanol–water partition coefficient (Wildman–Crippen LogP) is 4.98. The Bertz CT molecular complexity index is 614. The van der Waals surface area contributed by atoms with Crippen LogP contribution < -0.4 is 0 Å². The summed E-state index contributed by atoms with van der Waals surface area (Å²) in [6, 6.07) is 2.93. The van der Waals surface area contributed by atoms with Gasteiger partial charge in [0.1, 0.15) is 5.60 Å². The van der Waals surface area contributed by atoms with Crippen molar-refractivity contribution in [2.45, 2.75) is 51.3 Å². The van der Waals surface area contributed by atoms with Gasteiger partial charge in [-0.05, 0) is 61.7 Å². The van der Waals surface area contributed by atoms with Gasteiger partial charge in [0.05, 0.1) is 0 Å². The Morgan fingerprint density at radius 3 is 2.58 bits per heavy atom. The molecule has 1 unspecified atom stereocenters. The normalized spacial score (nSPS) is 19.3. The number of nitrogens with zero attached hydrogens (tertiary/aromatic N) is 2. The molecule has 2 heterocycles. The van der Waals surface area contributed by atoms with Gasteiger partial charge in [-0.1, -0.05) is 0 Å². The van der Waals surface area contributed by atoms with E-state index >= 15 is 0 Å². The third kappa shape index (κ3) is 4.84. The molecule has 1 amide bonds. The van der Waals surface area contributed by atoms with Crippen molar-refractivity contribution in [1.82, 2.24) is 9.88 Å². The minimum atomic E-state index is -4.52. The van der Waals surface area contributed by atoms with Gasteiger partial charge in [0.2, 0.25) is 0 Å².